The molecule has 6 nitrogen and oxygen atoms in total. The molecule has 1 aliphatic rings. The molecule has 0 saturated heterocycles. The lowest BCUT2D eigenvalue weighted by atomic mass is 10.1. The molecule has 0 fully saturated rings. The van der Waals surface area contributed by atoms with Crippen LogP contribution in [0, 0.1) is 5.92 Å². The zero-order valence-electron chi connectivity index (χ0n) is 13.1. The molecule has 0 aliphatic carbocycles. The van der Waals surface area contributed by atoms with Gasteiger partial charge in [-0.05, 0) is 24.5 Å². The molecule has 0 unspecified atom stereocenters. The smallest absolute Gasteiger partial charge is 0.270 e. The zero-order valence-corrected chi connectivity index (χ0v) is 13.9. The fourth-order valence-corrected chi connectivity index (χ4v) is 2.81. The van der Waals surface area contributed by atoms with Crippen LogP contribution in [0.2, 0.25) is 0 Å². The van der Waals surface area contributed by atoms with Crippen molar-refractivity contribution in [1.29, 1.82) is 0 Å². The number of ether oxygens (including phenoxy) is 2. The van der Waals surface area contributed by atoms with Crippen molar-refractivity contribution in [3.8, 4) is 11.5 Å². The van der Waals surface area contributed by atoms with Gasteiger partial charge in [0.2, 0.25) is 6.79 Å². The molecule has 2 N–H and O–H groups in total. The van der Waals surface area contributed by atoms with E-state index in [0.29, 0.717) is 29.0 Å². The Hall–Kier alpha value is -2.28. The van der Waals surface area contributed by atoms with E-state index < -0.39 is 0 Å². The minimum absolute atomic E-state index is 0.138. The number of rotatable bonds is 6. The number of benzene rings is 1. The van der Waals surface area contributed by atoms with Crippen molar-refractivity contribution in [2.24, 2.45) is 5.92 Å². The first kappa shape index (κ1) is 15.6. The second kappa shape index (κ2) is 6.87. The van der Waals surface area contributed by atoms with Gasteiger partial charge in [-0.2, -0.15) is 0 Å². The summed E-state index contributed by atoms with van der Waals surface area (Å²) in [5, 5.41) is 8.47. The third-order valence-electron chi connectivity index (χ3n) is 3.37. The molecule has 0 spiro atoms. The van der Waals surface area contributed by atoms with Gasteiger partial charge in [0.05, 0.1) is 0 Å². The number of hydrogen-bond donors (Lipinski definition) is 2. The fourth-order valence-electron chi connectivity index (χ4n) is 2.10. The van der Waals surface area contributed by atoms with Gasteiger partial charge in [-0.25, -0.2) is 4.98 Å². The predicted molar refractivity (Wildman–Crippen MR) is 89.7 cm³/mol. The van der Waals surface area contributed by atoms with E-state index in [1.807, 2.05) is 18.2 Å². The number of carbonyl (C=O) groups excluding carboxylic acids is 1. The van der Waals surface area contributed by atoms with Gasteiger partial charge in [-0.1, -0.05) is 13.8 Å². The molecule has 23 heavy (non-hydrogen) atoms. The van der Waals surface area contributed by atoms with Gasteiger partial charge >= 0.3 is 0 Å². The summed E-state index contributed by atoms with van der Waals surface area (Å²) in [6.45, 7) is 5.17. The fraction of sp³-hybridized carbons (Fsp3) is 0.375. The van der Waals surface area contributed by atoms with Crippen molar-refractivity contribution < 1.29 is 14.3 Å². The van der Waals surface area contributed by atoms with E-state index in [-0.39, 0.29) is 12.7 Å². The second-order valence-electron chi connectivity index (χ2n) is 5.67. The molecule has 1 aromatic heterocycles. The largest absolute Gasteiger partial charge is 0.454 e. The van der Waals surface area contributed by atoms with Crippen molar-refractivity contribution in [3.63, 3.8) is 0 Å². The maximum atomic E-state index is 12.0. The first-order valence-corrected chi connectivity index (χ1v) is 8.40. The van der Waals surface area contributed by atoms with E-state index in [9.17, 15) is 4.79 Å². The zero-order chi connectivity index (χ0) is 16.2. The first-order valence-electron chi connectivity index (χ1n) is 7.52. The summed E-state index contributed by atoms with van der Waals surface area (Å²) in [6.07, 6.45) is 0.957. The van der Waals surface area contributed by atoms with E-state index in [2.05, 4.69) is 29.5 Å². The average molecular weight is 333 g/mol. The second-order valence-corrected chi connectivity index (χ2v) is 6.53. The number of fused-ring (bicyclic) bond motifs is 1. The van der Waals surface area contributed by atoms with Crippen molar-refractivity contribution in [2.75, 3.05) is 18.7 Å². The number of anilines is 2. The van der Waals surface area contributed by atoms with Gasteiger partial charge in [-0.15, -0.1) is 11.3 Å². The standard InChI is InChI=1S/C16H19N3O3S/c1-10(2)5-6-17-15(20)12-8-23-16(19-12)18-11-3-4-13-14(7-11)22-9-21-13/h3-4,7-8,10H,5-6,9H2,1-2H3,(H,17,20)(H,18,19). The summed E-state index contributed by atoms with van der Waals surface area (Å²) in [4.78, 5) is 16.3. The molecule has 0 radical (unpaired) electrons. The molecular weight excluding hydrogens is 314 g/mol. The summed E-state index contributed by atoms with van der Waals surface area (Å²) >= 11 is 1.39. The molecule has 1 aliphatic heterocycles. The van der Waals surface area contributed by atoms with E-state index >= 15 is 0 Å². The molecule has 2 aromatic rings. The maximum absolute atomic E-state index is 12.0. The third kappa shape index (κ3) is 3.92. The van der Waals surface area contributed by atoms with Crippen LogP contribution in [0.1, 0.15) is 30.8 Å². The Morgan fingerprint density at radius 3 is 3.00 bits per heavy atom. The number of nitrogens with zero attached hydrogens (tertiary/aromatic N) is 1. The Morgan fingerprint density at radius 1 is 1.35 bits per heavy atom. The van der Waals surface area contributed by atoms with Crippen molar-refractivity contribution in [2.45, 2.75) is 20.3 Å². The lowest BCUT2D eigenvalue weighted by molar-refractivity contribution is 0.0948. The maximum Gasteiger partial charge on any atom is 0.270 e. The Kier molecular flexibility index (Phi) is 4.66. The molecular formula is C16H19N3O3S. The summed E-state index contributed by atoms with van der Waals surface area (Å²) in [7, 11) is 0. The number of hydrogen-bond acceptors (Lipinski definition) is 6. The lowest BCUT2D eigenvalue weighted by Crippen LogP contribution is -2.25. The number of nitrogens with one attached hydrogen (secondary N) is 2. The third-order valence-corrected chi connectivity index (χ3v) is 4.13. The number of thiazole rings is 1. The van der Waals surface area contributed by atoms with Crippen LogP contribution in [0.4, 0.5) is 10.8 Å². The minimum atomic E-state index is -0.138. The number of aromatic nitrogens is 1. The van der Waals surface area contributed by atoms with Crippen molar-refractivity contribution in [3.05, 3.63) is 29.3 Å². The highest BCUT2D eigenvalue weighted by Crippen LogP contribution is 2.35. The van der Waals surface area contributed by atoms with Gasteiger partial charge in [0.25, 0.3) is 5.91 Å². The van der Waals surface area contributed by atoms with Crippen LogP contribution in [0.3, 0.4) is 0 Å². The van der Waals surface area contributed by atoms with Gasteiger partial charge in [0.1, 0.15) is 5.69 Å². The summed E-state index contributed by atoms with van der Waals surface area (Å²) < 4.78 is 10.6. The number of carbonyl (C=O) groups is 1. The quantitative estimate of drug-likeness (QED) is 0.848. The van der Waals surface area contributed by atoms with E-state index in [1.165, 1.54) is 11.3 Å². The highest BCUT2D eigenvalue weighted by atomic mass is 32.1. The van der Waals surface area contributed by atoms with Gasteiger partial charge < -0.3 is 20.1 Å². The average Bonchev–Trinajstić information content (AvgIpc) is 3.15. The summed E-state index contributed by atoms with van der Waals surface area (Å²) in [5.41, 5.74) is 1.28. The normalized spacial score (nSPS) is 12.5. The van der Waals surface area contributed by atoms with Crippen LogP contribution < -0.4 is 20.1 Å². The summed E-state index contributed by atoms with van der Waals surface area (Å²) in [6, 6.07) is 5.58. The van der Waals surface area contributed by atoms with Crippen molar-refractivity contribution in [1.82, 2.24) is 10.3 Å². The Balaban J connectivity index is 1.60. The first-order chi connectivity index (χ1) is 11.1. The van der Waals surface area contributed by atoms with E-state index in [1.54, 1.807) is 5.38 Å². The lowest BCUT2D eigenvalue weighted by Gasteiger charge is -2.05. The van der Waals surface area contributed by atoms with Crippen LogP contribution >= 0.6 is 11.3 Å². The Bertz CT molecular complexity index is 700. The molecule has 3 rings (SSSR count). The summed E-state index contributed by atoms with van der Waals surface area (Å²) in [5.74, 6) is 1.87. The van der Waals surface area contributed by atoms with E-state index in [4.69, 9.17) is 9.47 Å². The van der Waals surface area contributed by atoms with Crippen LogP contribution in [-0.4, -0.2) is 24.2 Å². The highest BCUT2D eigenvalue weighted by molar-refractivity contribution is 7.14. The molecule has 7 heteroatoms. The van der Waals surface area contributed by atoms with Crippen LogP contribution in [-0.2, 0) is 0 Å². The molecule has 0 atom stereocenters. The Labute approximate surface area is 138 Å². The van der Waals surface area contributed by atoms with Crippen LogP contribution in [0.15, 0.2) is 23.6 Å². The molecule has 122 valence electrons. The monoisotopic (exact) mass is 333 g/mol. The molecule has 1 amide bonds. The topological polar surface area (TPSA) is 72.5 Å². The Morgan fingerprint density at radius 2 is 2.17 bits per heavy atom. The molecule has 0 saturated carbocycles. The number of amides is 1. The van der Waals surface area contributed by atoms with Crippen LogP contribution in [0.25, 0.3) is 0 Å². The highest BCUT2D eigenvalue weighted by Gasteiger charge is 2.14. The van der Waals surface area contributed by atoms with Gasteiger partial charge in [-0.3, -0.25) is 4.79 Å². The molecule has 0 bridgehead atoms. The van der Waals surface area contributed by atoms with Crippen molar-refractivity contribution >= 4 is 28.1 Å². The molecule has 1 aromatic carbocycles. The van der Waals surface area contributed by atoms with Gasteiger partial charge in [0, 0.05) is 23.7 Å². The SMILES string of the molecule is CC(C)CCNC(=O)c1csc(Nc2ccc3c(c2)OCO3)n1. The minimum Gasteiger partial charge on any atom is -0.454 e. The van der Waals surface area contributed by atoms with Crippen LogP contribution in [0.5, 0.6) is 11.5 Å². The predicted octanol–water partition coefficient (Wildman–Crippen LogP) is 3.39. The molecule has 2 heterocycles. The van der Waals surface area contributed by atoms with Gasteiger partial charge in [0.15, 0.2) is 16.6 Å². The van der Waals surface area contributed by atoms with E-state index in [0.717, 1.165) is 17.9 Å².